The van der Waals surface area contributed by atoms with Crippen molar-refractivity contribution in [1.29, 1.82) is 5.26 Å². The molecule has 2 aromatic heterocycles. The molecule has 2 fully saturated rings. The molecule has 0 radical (unpaired) electrons. The molecule has 1 aromatic carbocycles. The molecule has 2 aliphatic rings. The fourth-order valence-corrected chi connectivity index (χ4v) is 4.65. The lowest BCUT2D eigenvalue weighted by atomic mass is 9.91. The van der Waals surface area contributed by atoms with Gasteiger partial charge in [0.25, 0.3) is 0 Å². The summed E-state index contributed by atoms with van der Waals surface area (Å²) in [4.78, 5) is 6.82. The summed E-state index contributed by atoms with van der Waals surface area (Å²) in [5, 5.41) is 17.6. The normalized spacial score (nSPS) is 15.6. The SMILES string of the molecule is CNC.Cc1c(OCC2CC2)ccc2c(CCC3CCN(Cc4ncccc4C#N)CC3)noc12.Cl.Cl. The van der Waals surface area contributed by atoms with E-state index in [1.165, 1.54) is 25.7 Å². The van der Waals surface area contributed by atoms with Crippen molar-refractivity contribution in [2.45, 2.75) is 52.0 Å². The van der Waals surface area contributed by atoms with E-state index in [2.05, 4.69) is 45.5 Å². The molecule has 5 rings (SSSR count). The lowest BCUT2D eigenvalue weighted by Gasteiger charge is -2.31. The molecule has 1 aliphatic heterocycles. The summed E-state index contributed by atoms with van der Waals surface area (Å²) in [5.41, 5.74) is 4.56. The highest BCUT2D eigenvalue weighted by Gasteiger charge is 2.24. The molecule has 7 nitrogen and oxygen atoms in total. The second kappa shape index (κ2) is 15.1. The Hall–Kier alpha value is -2.37. The van der Waals surface area contributed by atoms with E-state index in [0.29, 0.717) is 11.5 Å². The Balaban J connectivity index is 0.000000919. The van der Waals surface area contributed by atoms with Crippen molar-refractivity contribution in [3.05, 3.63) is 53.0 Å². The second-order valence-corrected chi connectivity index (χ2v) is 9.82. The quantitative estimate of drug-likeness (QED) is 0.386. The molecule has 9 heteroatoms. The molecule has 0 bridgehead atoms. The maximum Gasteiger partial charge on any atom is 0.173 e. The lowest BCUT2D eigenvalue weighted by Crippen LogP contribution is -2.33. The van der Waals surface area contributed by atoms with Crippen LogP contribution < -0.4 is 10.1 Å². The molecule has 0 amide bonds. The van der Waals surface area contributed by atoms with Crippen LogP contribution in [0.3, 0.4) is 0 Å². The Morgan fingerprint density at radius 2 is 1.81 bits per heavy atom. The summed E-state index contributed by atoms with van der Waals surface area (Å²) in [6.07, 6.45) is 8.76. The van der Waals surface area contributed by atoms with Gasteiger partial charge in [-0.25, -0.2) is 0 Å². The Kier molecular flexibility index (Phi) is 12.6. The van der Waals surface area contributed by atoms with Gasteiger partial charge in [-0.15, -0.1) is 24.8 Å². The summed E-state index contributed by atoms with van der Waals surface area (Å²) in [6, 6.07) is 10.1. The van der Waals surface area contributed by atoms with Crippen LogP contribution in [-0.2, 0) is 13.0 Å². The van der Waals surface area contributed by atoms with Gasteiger partial charge in [-0.2, -0.15) is 5.26 Å². The van der Waals surface area contributed by atoms with Gasteiger partial charge in [0, 0.05) is 23.7 Å². The van der Waals surface area contributed by atoms with Crippen LogP contribution in [0.1, 0.15) is 54.6 Å². The highest BCUT2D eigenvalue weighted by molar-refractivity contribution is 5.86. The van der Waals surface area contributed by atoms with Crippen molar-refractivity contribution < 1.29 is 9.26 Å². The number of nitrogens with one attached hydrogen (secondary N) is 1. The van der Waals surface area contributed by atoms with Crippen LogP contribution >= 0.6 is 24.8 Å². The van der Waals surface area contributed by atoms with Crippen LogP contribution in [0.5, 0.6) is 5.75 Å². The van der Waals surface area contributed by atoms with E-state index in [4.69, 9.17) is 9.26 Å². The van der Waals surface area contributed by atoms with Crippen molar-refractivity contribution in [3.63, 3.8) is 0 Å². The van der Waals surface area contributed by atoms with Crippen molar-refractivity contribution in [2.75, 3.05) is 33.8 Å². The first-order valence-corrected chi connectivity index (χ1v) is 12.8. The number of halogens is 2. The number of nitriles is 1. The minimum Gasteiger partial charge on any atom is -0.493 e. The molecular formula is C28H39Cl2N5O2. The number of hydrogen-bond donors (Lipinski definition) is 1. The number of aromatic nitrogens is 2. The average molecular weight is 549 g/mol. The third-order valence-electron chi connectivity index (χ3n) is 6.97. The van der Waals surface area contributed by atoms with Crippen LogP contribution in [-0.4, -0.2) is 48.8 Å². The number of nitrogens with zero attached hydrogens (tertiary/aromatic N) is 4. The fourth-order valence-electron chi connectivity index (χ4n) is 4.65. The summed E-state index contributed by atoms with van der Waals surface area (Å²) >= 11 is 0. The maximum absolute atomic E-state index is 9.28. The predicted molar refractivity (Wildman–Crippen MR) is 152 cm³/mol. The van der Waals surface area contributed by atoms with Crippen molar-refractivity contribution >= 4 is 35.8 Å². The molecule has 0 spiro atoms. The van der Waals surface area contributed by atoms with E-state index in [0.717, 1.165) is 78.7 Å². The number of ether oxygens (including phenoxy) is 1. The molecule has 0 unspecified atom stereocenters. The standard InChI is InChI=1S/C26H30N4O2.C2H7N.2ClH/c1-18-25(31-17-20-4-5-20)9-7-22-23(29-32-26(18)22)8-6-19-10-13-30(14-11-19)16-24-21(15-27)3-2-12-28-24;1-3-2;;/h2-3,7,9,12,19-20H,4-6,8,10-11,13-14,16-17H2,1H3;3H,1-2H3;2*1H. The van der Waals surface area contributed by atoms with Crippen LogP contribution in [0.2, 0.25) is 0 Å². The number of pyridine rings is 1. The number of likely N-dealkylation sites (tertiary alicyclic amines) is 1. The molecule has 202 valence electrons. The van der Waals surface area contributed by atoms with E-state index in [1.807, 2.05) is 26.2 Å². The molecule has 1 saturated carbocycles. The molecule has 1 aliphatic carbocycles. The van der Waals surface area contributed by atoms with E-state index in [-0.39, 0.29) is 24.8 Å². The molecule has 1 N–H and O–H groups in total. The van der Waals surface area contributed by atoms with Crippen LogP contribution in [0.25, 0.3) is 11.0 Å². The summed E-state index contributed by atoms with van der Waals surface area (Å²) in [5.74, 6) is 2.35. The van der Waals surface area contributed by atoms with Gasteiger partial charge in [0.05, 0.1) is 23.6 Å². The summed E-state index contributed by atoms with van der Waals surface area (Å²) < 4.78 is 11.7. The molecule has 37 heavy (non-hydrogen) atoms. The zero-order chi connectivity index (χ0) is 24.6. The minimum atomic E-state index is 0. The third-order valence-corrected chi connectivity index (χ3v) is 6.97. The van der Waals surface area contributed by atoms with E-state index in [1.54, 1.807) is 6.20 Å². The van der Waals surface area contributed by atoms with Gasteiger partial charge in [-0.1, -0.05) is 5.16 Å². The number of fused-ring (bicyclic) bond motifs is 1. The monoisotopic (exact) mass is 547 g/mol. The molecule has 0 atom stereocenters. The Labute approximate surface area is 232 Å². The molecular weight excluding hydrogens is 509 g/mol. The smallest absolute Gasteiger partial charge is 0.173 e. The van der Waals surface area contributed by atoms with Gasteiger partial charge in [-0.3, -0.25) is 9.88 Å². The maximum atomic E-state index is 9.28. The highest BCUT2D eigenvalue weighted by atomic mass is 35.5. The van der Waals surface area contributed by atoms with Gasteiger partial charge in [0.2, 0.25) is 0 Å². The summed E-state index contributed by atoms with van der Waals surface area (Å²) in [6.45, 7) is 5.73. The topological polar surface area (TPSA) is 87.2 Å². The highest BCUT2D eigenvalue weighted by Crippen LogP contribution is 2.34. The van der Waals surface area contributed by atoms with Gasteiger partial charge in [-0.05, 0) is 109 Å². The van der Waals surface area contributed by atoms with Gasteiger partial charge < -0.3 is 14.6 Å². The Bertz CT molecular complexity index is 1150. The first-order valence-electron chi connectivity index (χ1n) is 12.8. The van der Waals surface area contributed by atoms with Gasteiger partial charge in [0.15, 0.2) is 5.58 Å². The average Bonchev–Trinajstić information content (AvgIpc) is 3.62. The van der Waals surface area contributed by atoms with Crippen LogP contribution in [0.4, 0.5) is 0 Å². The van der Waals surface area contributed by atoms with E-state index < -0.39 is 0 Å². The van der Waals surface area contributed by atoms with Crippen LogP contribution in [0, 0.1) is 30.1 Å². The van der Waals surface area contributed by atoms with Crippen LogP contribution in [0.15, 0.2) is 35.0 Å². The van der Waals surface area contributed by atoms with Crippen molar-refractivity contribution in [1.82, 2.24) is 20.4 Å². The molecule has 1 saturated heterocycles. The van der Waals surface area contributed by atoms with Gasteiger partial charge in [0.1, 0.15) is 11.8 Å². The van der Waals surface area contributed by atoms with E-state index in [9.17, 15) is 5.26 Å². The number of rotatable bonds is 8. The third kappa shape index (κ3) is 8.31. The molecule has 3 heterocycles. The first-order chi connectivity index (χ1) is 17.1. The number of piperidine rings is 1. The second-order valence-electron chi connectivity index (χ2n) is 9.82. The number of hydrogen-bond acceptors (Lipinski definition) is 7. The zero-order valence-corrected chi connectivity index (χ0v) is 23.7. The fraction of sp³-hybridized carbons (Fsp3) is 0.536. The first kappa shape index (κ1) is 30.9. The zero-order valence-electron chi connectivity index (χ0n) is 22.0. The Morgan fingerprint density at radius 1 is 1.08 bits per heavy atom. The lowest BCUT2D eigenvalue weighted by molar-refractivity contribution is 0.170. The van der Waals surface area contributed by atoms with E-state index >= 15 is 0 Å². The predicted octanol–water partition coefficient (Wildman–Crippen LogP) is 5.72. The minimum absolute atomic E-state index is 0. The van der Waals surface area contributed by atoms with Gasteiger partial charge >= 0.3 is 0 Å². The largest absolute Gasteiger partial charge is 0.493 e. The van der Waals surface area contributed by atoms with Crippen molar-refractivity contribution in [2.24, 2.45) is 11.8 Å². The number of benzene rings is 1. The molecule has 3 aromatic rings. The Morgan fingerprint density at radius 3 is 2.49 bits per heavy atom. The summed E-state index contributed by atoms with van der Waals surface area (Å²) in [7, 11) is 3.75. The van der Waals surface area contributed by atoms with Crippen molar-refractivity contribution in [3.8, 4) is 11.8 Å². The number of aryl methyl sites for hydroxylation is 2.